The summed E-state index contributed by atoms with van der Waals surface area (Å²) < 4.78 is 0. The summed E-state index contributed by atoms with van der Waals surface area (Å²) in [6.07, 6.45) is 3.83. The minimum Gasteiger partial charge on any atom is -0.330 e. The summed E-state index contributed by atoms with van der Waals surface area (Å²) in [5, 5.41) is 7.01. The Morgan fingerprint density at radius 3 is 2.78 bits per heavy atom. The van der Waals surface area contributed by atoms with E-state index in [0.29, 0.717) is 18.5 Å². The van der Waals surface area contributed by atoms with Crippen LogP contribution in [0.1, 0.15) is 56.7 Å². The first-order chi connectivity index (χ1) is 8.52. The molecule has 0 amide bonds. The fraction of sp³-hybridized carbons (Fsp3) is 0.786. The molecular weight excluding hydrogens is 242 g/mol. The van der Waals surface area contributed by atoms with E-state index < -0.39 is 0 Å². The molecule has 1 aliphatic rings. The van der Waals surface area contributed by atoms with Crippen LogP contribution in [0, 0.1) is 0 Å². The quantitative estimate of drug-likeness (QED) is 0.885. The number of aromatic nitrogens is 1. The number of piperidine rings is 1. The minimum absolute atomic E-state index is 0.133. The topological polar surface area (TPSA) is 50.9 Å². The van der Waals surface area contributed by atoms with Crippen molar-refractivity contribution in [2.75, 3.05) is 13.1 Å². The number of rotatable bonds is 3. The smallest absolute Gasteiger partial charge is 0.0987 e. The fourth-order valence-corrected chi connectivity index (χ4v) is 3.69. The first-order valence-corrected chi connectivity index (χ1v) is 7.79. The van der Waals surface area contributed by atoms with Crippen LogP contribution in [-0.2, 0) is 5.41 Å². The zero-order chi connectivity index (χ0) is 13.2. The average Bonchev–Trinajstić information content (AvgIpc) is 2.81. The van der Waals surface area contributed by atoms with Crippen molar-refractivity contribution in [1.29, 1.82) is 0 Å². The van der Waals surface area contributed by atoms with Gasteiger partial charge in [-0.3, -0.25) is 0 Å². The van der Waals surface area contributed by atoms with Crippen LogP contribution in [0.3, 0.4) is 0 Å². The number of nitrogens with one attached hydrogen (secondary N) is 1. The second kappa shape index (κ2) is 5.68. The largest absolute Gasteiger partial charge is 0.330 e. The minimum atomic E-state index is 0.133. The van der Waals surface area contributed by atoms with Gasteiger partial charge in [0.1, 0.15) is 0 Å². The lowest BCUT2D eigenvalue weighted by Gasteiger charge is -2.29. The summed E-state index contributed by atoms with van der Waals surface area (Å²) >= 11 is 1.77. The molecule has 0 saturated carbocycles. The normalized spacial score (nSPS) is 23.0. The van der Waals surface area contributed by atoms with Gasteiger partial charge >= 0.3 is 0 Å². The zero-order valence-corrected chi connectivity index (χ0v) is 12.5. The van der Waals surface area contributed by atoms with Crippen LogP contribution < -0.4 is 11.1 Å². The van der Waals surface area contributed by atoms with Gasteiger partial charge in [0.15, 0.2) is 0 Å². The van der Waals surface area contributed by atoms with E-state index in [1.54, 1.807) is 11.3 Å². The second-order valence-corrected chi connectivity index (χ2v) is 7.11. The van der Waals surface area contributed by atoms with Crippen LogP contribution in [0.5, 0.6) is 0 Å². The highest BCUT2D eigenvalue weighted by Crippen LogP contribution is 2.30. The Kier molecular flexibility index (Phi) is 4.41. The Morgan fingerprint density at radius 1 is 1.50 bits per heavy atom. The molecular formula is C14H25N3S. The Labute approximate surface area is 114 Å². The maximum Gasteiger partial charge on any atom is 0.0987 e. The molecule has 1 aliphatic heterocycles. The monoisotopic (exact) mass is 267 g/mol. The molecule has 0 aliphatic carbocycles. The zero-order valence-electron chi connectivity index (χ0n) is 11.7. The van der Waals surface area contributed by atoms with Gasteiger partial charge in [0.05, 0.1) is 10.7 Å². The summed E-state index contributed by atoms with van der Waals surface area (Å²) in [5.74, 6) is 0.381. The van der Waals surface area contributed by atoms with Gasteiger partial charge in [-0.05, 0) is 19.4 Å². The maximum atomic E-state index is 5.98. The number of hydrogen-bond donors (Lipinski definition) is 2. The van der Waals surface area contributed by atoms with Gasteiger partial charge < -0.3 is 11.1 Å². The van der Waals surface area contributed by atoms with E-state index in [0.717, 1.165) is 6.54 Å². The van der Waals surface area contributed by atoms with Crippen LogP contribution in [0.2, 0.25) is 0 Å². The van der Waals surface area contributed by atoms with Crippen LogP contribution >= 0.6 is 11.3 Å². The molecule has 3 nitrogen and oxygen atoms in total. The van der Waals surface area contributed by atoms with Crippen molar-refractivity contribution in [1.82, 2.24) is 10.3 Å². The van der Waals surface area contributed by atoms with Gasteiger partial charge in [0.25, 0.3) is 0 Å². The molecule has 0 spiro atoms. The van der Waals surface area contributed by atoms with Crippen molar-refractivity contribution in [3.05, 3.63) is 16.1 Å². The lowest BCUT2D eigenvalue weighted by atomic mass is 9.91. The summed E-state index contributed by atoms with van der Waals surface area (Å²) in [6, 6.07) is 0.516. The lowest BCUT2D eigenvalue weighted by Crippen LogP contribution is -2.41. The summed E-state index contributed by atoms with van der Waals surface area (Å²) in [4.78, 5) is 4.83. The Hall–Kier alpha value is -0.450. The van der Waals surface area contributed by atoms with Crippen LogP contribution in [-0.4, -0.2) is 24.1 Å². The molecule has 1 aromatic rings. The predicted octanol–water partition coefficient (Wildman–Crippen LogP) is 2.63. The molecule has 2 heterocycles. The SMILES string of the molecule is CC(C)(C)c1csc(C(CN)C2CCCCN2)n1. The molecule has 0 bridgehead atoms. The van der Waals surface area contributed by atoms with Crippen molar-refractivity contribution in [2.45, 2.75) is 57.4 Å². The van der Waals surface area contributed by atoms with E-state index in [1.165, 1.54) is 30.0 Å². The molecule has 1 fully saturated rings. The highest BCUT2D eigenvalue weighted by molar-refractivity contribution is 7.09. The molecule has 1 saturated heterocycles. The van der Waals surface area contributed by atoms with Gasteiger partial charge in [-0.2, -0.15) is 0 Å². The van der Waals surface area contributed by atoms with E-state index in [4.69, 9.17) is 10.7 Å². The number of thiazole rings is 1. The molecule has 0 aromatic carbocycles. The molecule has 1 aromatic heterocycles. The number of nitrogens with two attached hydrogens (primary N) is 1. The van der Waals surface area contributed by atoms with Gasteiger partial charge in [-0.15, -0.1) is 11.3 Å². The highest BCUT2D eigenvalue weighted by Gasteiger charge is 2.27. The van der Waals surface area contributed by atoms with E-state index in [1.807, 2.05) is 0 Å². The van der Waals surface area contributed by atoms with Crippen molar-refractivity contribution in [3.63, 3.8) is 0 Å². The predicted molar refractivity (Wildman–Crippen MR) is 78.3 cm³/mol. The number of hydrogen-bond acceptors (Lipinski definition) is 4. The molecule has 4 heteroatoms. The van der Waals surface area contributed by atoms with Crippen LogP contribution in [0.15, 0.2) is 5.38 Å². The third-order valence-electron chi connectivity index (χ3n) is 3.70. The molecule has 0 radical (unpaired) electrons. The first kappa shape index (κ1) is 14.0. The van der Waals surface area contributed by atoms with Crippen LogP contribution in [0.25, 0.3) is 0 Å². The fourth-order valence-electron chi connectivity index (χ4n) is 2.46. The summed E-state index contributed by atoms with van der Waals surface area (Å²) in [7, 11) is 0. The molecule has 2 unspecified atom stereocenters. The van der Waals surface area contributed by atoms with Crippen LogP contribution in [0.4, 0.5) is 0 Å². The van der Waals surface area contributed by atoms with Gasteiger partial charge in [-0.25, -0.2) is 4.98 Å². The average molecular weight is 267 g/mol. The van der Waals surface area contributed by atoms with E-state index in [2.05, 4.69) is 31.5 Å². The Morgan fingerprint density at radius 2 is 2.28 bits per heavy atom. The van der Waals surface area contributed by atoms with E-state index in [-0.39, 0.29) is 5.41 Å². The highest BCUT2D eigenvalue weighted by atomic mass is 32.1. The first-order valence-electron chi connectivity index (χ1n) is 6.91. The van der Waals surface area contributed by atoms with Gasteiger partial charge in [0, 0.05) is 29.3 Å². The summed E-state index contributed by atoms with van der Waals surface area (Å²) in [6.45, 7) is 8.44. The standard InChI is InChI=1S/C14H25N3S/c1-14(2,3)12-9-18-13(17-12)10(8-15)11-6-4-5-7-16-11/h9-11,16H,4-8,15H2,1-3H3. The Bertz CT molecular complexity index is 375. The molecule has 3 N–H and O–H groups in total. The van der Waals surface area contributed by atoms with E-state index in [9.17, 15) is 0 Å². The Balaban J connectivity index is 2.14. The van der Waals surface area contributed by atoms with E-state index >= 15 is 0 Å². The van der Waals surface area contributed by atoms with Crippen molar-refractivity contribution >= 4 is 11.3 Å². The molecule has 102 valence electrons. The van der Waals surface area contributed by atoms with Crippen molar-refractivity contribution in [3.8, 4) is 0 Å². The summed E-state index contributed by atoms with van der Waals surface area (Å²) in [5.41, 5.74) is 7.30. The number of nitrogens with zero attached hydrogens (tertiary/aromatic N) is 1. The molecule has 2 rings (SSSR count). The van der Waals surface area contributed by atoms with Crippen molar-refractivity contribution < 1.29 is 0 Å². The van der Waals surface area contributed by atoms with Gasteiger partial charge in [-0.1, -0.05) is 27.2 Å². The second-order valence-electron chi connectivity index (χ2n) is 6.22. The van der Waals surface area contributed by atoms with Crippen molar-refractivity contribution in [2.24, 2.45) is 5.73 Å². The molecule has 18 heavy (non-hydrogen) atoms. The third kappa shape index (κ3) is 3.11. The molecule has 2 atom stereocenters. The maximum absolute atomic E-state index is 5.98. The van der Waals surface area contributed by atoms with Gasteiger partial charge in [0.2, 0.25) is 0 Å². The lowest BCUT2D eigenvalue weighted by molar-refractivity contribution is 0.351. The third-order valence-corrected chi connectivity index (χ3v) is 4.67.